The fourth-order valence-corrected chi connectivity index (χ4v) is 3.44. The van der Waals surface area contributed by atoms with Crippen molar-refractivity contribution in [3.63, 3.8) is 0 Å². The summed E-state index contributed by atoms with van der Waals surface area (Å²) in [6.07, 6.45) is 5.09. The molecule has 29 heavy (non-hydrogen) atoms. The van der Waals surface area contributed by atoms with Gasteiger partial charge in [-0.25, -0.2) is 15.0 Å². The van der Waals surface area contributed by atoms with Crippen LogP contribution in [0.2, 0.25) is 5.02 Å². The highest BCUT2D eigenvalue weighted by Gasteiger charge is 2.26. The van der Waals surface area contributed by atoms with Crippen LogP contribution < -0.4 is 5.43 Å². The van der Waals surface area contributed by atoms with Gasteiger partial charge in [-0.15, -0.1) is 0 Å². The summed E-state index contributed by atoms with van der Waals surface area (Å²) in [4.78, 5) is 26.1. The Labute approximate surface area is 173 Å². The number of nitrogens with zero attached hydrogens (tertiary/aromatic N) is 4. The zero-order valence-electron chi connectivity index (χ0n) is 15.6. The number of amides is 1. The molecule has 0 spiro atoms. The van der Waals surface area contributed by atoms with E-state index < -0.39 is 0 Å². The highest BCUT2D eigenvalue weighted by molar-refractivity contribution is 6.30. The van der Waals surface area contributed by atoms with Gasteiger partial charge in [0.15, 0.2) is 5.82 Å². The fourth-order valence-electron chi connectivity index (χ4n) is 3.32. The summed E-state index contributed by atoms with van der Waals surface area (Å²) >= 11 is 6.00. The molecule has 1 fully saturated rings. The van der Waals surface area contributed by atoms with Gasteiger partial charge >= 0.3 is 0 Å². The number of aliphatic hydroxyl groups is 1. The SMILES string of the molecule is O=C(NN1CCC[C@H]1CO)c1cc(-c2ccc(Cl)cc2)nc(-c2cccnc2)n1. The minimum atomic E-state index is -0.340. The van der Waals surface area contributed by atoms with Crippen LogP contribution >= 0.6 is 11.6 Å². The summed E-state index contributed by atoms with van der Waals surface area (Å²) in [6.45, 7) is 0.697. The molecule has 0 saturated carbocycles. The van der Waals surface area contributed by atoms with Crippen molar-refractivity contribution in [1.29, 1.82) is 0 Å². The lowest BCUT2D eigenvalue weighted by atomic mass is 10.1. The summed E-state index contributed by atoms with van der Waals surface area (Å²) < 4.78 is 0. The lowest BCUT2D eigenvalue weighted by molar-refractivity contribution is 0.0682. The molecule has 2 N–H and O–H groups in total. The van der Waals surface area contributed by atoms with Crippen LogP contribution in [0.3, 0.4) is 0 Å². The van der Waals surface area contributed by atoms with Crippen molar-refractivity contribution in [2.75, 3.05) is 13.2 Å². The van der Waals surface area contributed by atoms with E-state index in [1.165, 1.54) is 0 Å². The van der Waals surface area contributed by atoms with E-state index in [0.29, 0.717) is 28.6 Å². The first-order valence-corrected chi connectivity index (χ1v) is 9.76. The van der Waals surface area contributed by atoms with Crippen LogP contribution in [0.4, 0.5) is 0 Å². The quantitative estimate of drug-likeness (QED) is 0.673. The Morgan fingerprint density at radius 3 is 2.76 bits per heavy atom. The first kappa shape index (κ1) is 19.4. The Balaban J connectivity index is 1.71. The van der Waals surface area contributed by atoms with Gasteiger partial charge in [0.1, 0.15) is 5.69 Å². The van der Waals surface area contributed by atoms with Crippen LogP contribution in [0.1, 0.15) is 23.3 Å². The molecule has 4 rings (SSSR count). The van der Waals surface area contributed by atoms with Crippen molar-refractivity contribution >= 4 is 17.5 Å². The molecule has 148 valence electrons. The number of benzene rings is 1. The predicted octanol–water partition coefficient (Wildman–Crippen LogP) is 2.96. The molecule has 0 bridgehead atoms. The fraction of sp³-hybridized carbons (Fsp3) is 0.238. The minimum Gasteiger partial charge on any atom is -0.395 e. The molecule has 0 unspecified atom stereocenters. The number of carbonyl (C=O) groups is 1. The van der Waals surface area contributed by atoms with Crippen molar-refractivity contribution < 1.29 is 9.90 Å². The third kappa shape index (κ3) is 4.42. The van der Waals surface area contributed by atoms with E-state index in [4.69, 9.17) is 11.6 Å². The second kappa shape index (κ2) is 8.65. The number of aliphatic hydroxyl groups excluding tert-OH is 1. The first-order valence-electron chi connectivity index (χ1n) is 9.38. The van der Waals surface area contributed by atoms with E-state index in [2.05, 4.69) is 20.4 Å². The van der Waals surface area contributed by atoms with Crippen LogP contribution in [0.25, 0.3) is 22.6 Å². The summed E-state index contributed by atoms with van der Waals surface area (Å²) in [7, 11) is 0. The first-order chi connectivity index (χ1) is 14.1. The van der Waals surface area contributed by atoms with Crippen molar-refractivity contribution in [3.05, 3.63) is 65.6 Å². The van der Waals surface area contributed by atoms with E-state index in [0.717, 1.165) is 18.4 Å². The van der Waals surface area contributed by atoms with E-state index in [1.54, 1.807) is 41.7 Å². The van der Waals surface area contributed by atoms with Crippen LogP contribution in [0, 0.1) is 0 Å². The molecule has 1 atom stereocenters. The Hall–Kier alpha value is -2.87. The average Bonchev–Trinajstić information content (AvgIpc) is 3.21. The molecule has 1 aliphatic heterocycles. The second-order valence-electron chi connectivity index (χ2n) is 6.82. The molecule has 8 heteroatoms. The molecule has 1 saturated heterocycles. The number of aromatic nitrogens is 3. The van der Waals surface area contributed by atoms with E-state index >= 15 is 0 Å². The Morgan fingerprint density at radius 1 is 1.21 bits per heavy atom. The maximum atomic E-state index is 12.9. The normalized spacial score (nSPS) is 16.7. The monoisotopic (exact) mass is 409 g/mol. The van der Waals surface area contributed by atoms with Gasteiger partial charge in [0.25, 0.3) is 5.91 Å². The molecule has 3 heterocycles. The number of rotatable bonds is 5. The maximum Gasteiger partial charge on any atom is 0.284 e. The number of hydrazine groups is 1. The Kier molecular flexibility index (Phi) is 5.80. The third-order valence-corrected chi connectivity index (χ3v) is 5.10. The molecule has 1 amide bonds. The van der Waals surface area contributed by atoms with Gasteiger partial charge in [-0.1, -0.05) is 23.7 Å². The van der Waals surface area contributed by atoms with Crippen molar-refractivity contribution in [2.45, 2.75) is 18.9 Å². The zero-order chi connectivity index (χ0) is 20.2. The van der Waals surface area contributed by atoms with Crippen LogP contribution in [-0.2, 0) is 0 Å². The molecule has 7 nitrogen and oxygen atoms in total. The summed E-state index contributed by atoms with van der Waals surface area (Å²) in [6, 6.07) is 12.5. The van der Waals surface area contributed by atoms with Crippen molar-refractivity contribution in [2.24, 2.45) is 0 Å². The lowest BCUT2D eigenvalue weighted by Crippen LogP contribution is -2.46. The number of nitrogens with one attached hydrogen (secondary N) is 1. The lowest BCUT2D eigenvalue weighted by Gasteiger charge is -2.23. The van der Waals surface area contributed by atoms with Gasteiger partial charge in [-0.05, 0) is 43.2 Å². The smallest absolute Gasteiger partial charge is 0.284 e. The predicted molar refractivity (Wildman–Crippen MR) is 110 cm³/mol. The van der Waals surface area contributed by atoms with Gasteiger partial charge in [0, 0.05) is 35.1 Å². The van der Waals surface area contributed by atoms with Crippen molar-refractivity contribution in [3.8, 4) is 22.6 Å². The van der Waals surface area contributed by atoms with Crippen molar-refractivity contribution in [1.82, 2.24) is 25.4 Å². The third-order valence-electron chi connectivity index (χ3n) is 4.85. The molecule has 2 aromatic heterocycles. The Morgan fingerprint density at radius 2 is 2.03 bits per heavy atom. The highest BCUT2D eigenvalue weighted by Crippen LogP contribution is 2.24. The number of hydrogen-bond acceptors (Lipinski definition) is 6. The topological polar surface area (TPSA) is 91.2 Å². The number of pyridine rings is 1. The number of hydrogen-bond donors (Lipinski definition) is 2. The summed E-state index contributed by atoms with van der Waals surface area (Å²) in [5, 5.41) is 11.9. The van der Waals surface area contributed by atoms with Crippen LogP contribution in [0.5, 0.6) is 0 Å². The molecular formula is C21H20ClN5O2. The maximum absolute atomic E-state index is 12.9. The minimum absolute atomic E-state index is 0.00101. The number of halogens is 1. The Bertz CT molecular complexity index is 998. The van der Waals surface area contributed by atoms with Gasteiger partial charge in [-0.2, -0.15) is 0 Å². The van der Waals surface area contributed by atoms with Crippen LogP contribution in [0.15, 0.2) is 54.9 Å². The van der Waals surface area contributed by atoms with E-state index in [-0.39, 0.29) is 24.2 Å². The molecular weight excluding hydrogens is 390 g/mol. The van der Waals surface area contributed by atoms with E-state index in [9.17, 15) is 9.90 Å². The van der Waals surface area contributed by atoms with E-state index in [1.807, 2.05) is 18.2 Å². The molecule has 1 aliphatic rings. The molecule has 0 radical (unpaired) electrons. The highest BCUT2D eigenvalue weighted by atomic mass is 35.5. The molecule has 3 aromatic rings. The standard InChI is InChI=1S/C21H20ClN5O2/c22-16-7-5-14(6-8-16)18-11-19(21(29)26-27-10-2-4-17(27)13-28)25-20(24-18)15-3-1-9-23-12-15/h1,3,5-9,11-12,17,28H,2,4,10,13H2,(H,26,29)/t17-/m0/s1. The zero-order valence-corrected chi connectivity index (χ0v) is 16.4. The van der Waals surface area contributed by atoms with Gasteiger partial charge in [0.2, 0.25) is 0 Å². The van der Waals surface area contributed by atoms with Crippen LogP contribution in [-0.4, -0.2) is 50.2 Å². The summed E-state index contributed by atoms with van der Waals surface area (Å²) in [5.41, 5.74) is 5.26. The van der Waals surface area contributed by atoms with Gasteiger partial charge in [-0.3, -0.25) is 15.2 Å². The second-order valence-corrected chi connectivity index (χ2v) is 7.26. The average molecular weight is 410 g/mol. The van der Waals surface area contributed by atoms with Gasteiger partial charge < -0.3 is 5.11 Å². The number of carbonyl (C=O) groups excluding carboxylic acids is 1. The van der Waals surface area contributed by atoms with Gasteiger partial charge in [0.05, 0.1) is 18.3 Å². The molecule has 1 aromatic carbocycles. The largest absolute Gasteiger partial charge is 0.395 e. The molecule has 0 aliphatic carbocycles. The summed E-state index contributed by atoms with van der Waals surface area (Å²) in [5.74, 6) is 0.0731.